The topological polar surface area (TPSA) is 122 Å². The molecule has 0 aromatic heterocycles. The number of carboxylic acid groups (broad SMARTS) is 1. The predicted octanol–water partition coefficient (Wildman–Crippen LogP) is 2.78. The molecule has 0 radical (unpaired) electrons. The van der Waals surface area contributed by atoms with E-state index in [0.29, 0.717) is 17.7 Å². The van der Waals surface area contributed by atoms with E-state index in [9.17, 15) is 19.2 Å². The molecule has 0 spiro atoms. The quantitative estimate of drug-likeness (QED) is 0.503. The number of carboxylic acids is 1. The van der Waals surface area contributed by atoms with Crippen molar-refractivity contribution in [1.82, 2.24) is 5.32 Å². The number of barbiturate groups is 1. The van der Waals surface area contributed by atoms with Crippen LogP contribution in [0.25, 0.3) is 6.08 Å². The molecule has 9 heteroatoms. The van der Waals surface area contributed by atoms with E-state index < -0.39 is 29.9 Å². The minimum absolute atomic E-state index is 0.192. The summed E-state index contributed by atoms with van der Waals surface area (Å²) in [6.45, 7) is 3.27. The molecular formula is C23H22N2O7. The lowest BCUT2D eigenvalue weighted by atomic mass is 10.0. The SMILES string of the molecule is CCc1ccccc1N1C(=O)NC(=O)/C(=C/c2ccc(O[C@H](C)C(=O)O)c(OC)c2)C1=O. The summed E-state index contributed by atoms with van der Waals surface area (Å²) in [5, 5.41) is 11.2. The number of urea groups is 1. The number of carbonyl (C=O) groups excluding carboxylic acids is 3. The molecule has 1 aliphatic rings. The number of nitrogens with zero attached hydrogens (tertiary/aromatic N) is 1. The van der Waals surface area contributed by atoms with Gasteiger partial charge in [0.15, 0.2) is 17.6 Å². The van der Waals surface area contributed by atoms with Gasteiger partial charge in [0.25, 0.3) is 11.8 Å². The van der Waals surface area contributed by atoms with Gasteiger partial charge in [-0.3, -0.25) is 14.9 Å². The third-order valence-corrected chi connectivity index (χ3v) is 4.87. The number of methoxy groups -OCH3 is 1. The molecule has 0 bridgehead atoms. The molecule has 9 nitrogen and oxygen atoms in total. The van der Waals surface area contributed by atoms with Gasteiger partial charge in [0.2, 0.25) is 0 Å². The minimum Gasteiger partial charge on any atom is -0.493 e. The average Bonchev–Trinajstić information content (AvgIpc) is 2.77. The first-order chi connectivity index (χ1) is 15.3. The van der Waals surface area contributed by atoms with Gasteiger partial charge in [-0.15, -0.1) is 0 Å². The Kier molecular flexibility index (Phi) is 6.58. The molecule has 0 aliphatic carbocycles. The van der Waals surface area contributed by atoms with Gasteiger partial charge in [-0.2, -0.15) is 0 Å². The van der Waals surface area contributed by atoms with E-state index >= 15 is 0 Å². The second-order valence-corrected chi connectivity index (χ2v) is 6.95. The van der Waals surface area contributed by atoms with Crippen LogP contribution < -0.4 is 19.7 Å². The lowest BCUT2D eigenvalue weighted by Crippen LogP contribution is -2.54. The Bertz CT molecular complexity index is 1120. The number of ether oxygens (including phenoxy) is 2. The van der Waals surface area contributed by atoms with Crippen molar-refractivity contribution in [1.29, 1.82) is 0 Å². The van der Waals surface area contributed by atoms with Crippen LogP contribution in [0.15, 0.2) is 48.0 Å². The number of carbonyl (C=O) groups is 4. The summed E-state index contributed by atoms with van der Waals surface area (Å²) in [5.74, 6) is -2.29. The van der Waals surface area contributed by atoms with Crippen molar-refractivity contribution >= 4 is 35.6 Å². The number of hydrogen-bond donors (Lipinski definition) is 2. The predicted molar refractivity (Wildman–Crippen MR) is 116 cm³/mol. The van der Waals surface area contributed by atoms with Crippen molar-refractivity contribution in [3.63, 3.8) is 0 Å². The molecule has 1 aliphatic heterocycles. The number of imide groups is 2. The third-order valence-electron chi connectivity index (χ3n) is 4.87. The van der Waals surface area contributed by atoms with Gasteiger partial charge in [0.1, 0.15) is 5.57 Å². The van der Waals surface area contributed by atoms with Crippen molar-refractivity contribution in [2.45, 2.75) is 26.4 Å². The van der Waals surface area contributed by atoms with Crippen LogP contribution in [-0.4, -0.2) is 42.1 Å². The van der Waals surface area contributed by atoms with Gasteiger partial charge in [-0.25, -0.2) is 14.5 Å². The molecule has 3 rings (SSSR count). The molecule has 2 aromatic rings. The summed E-state index contributed by atoms with van der Waals surface area (Å²) in [5.41, 5.74) is 1.37. The van der Waals surface area contributed by atoms with E-state index in [1.54, 1.807) is 30.3 Å². The monoisotopic (exact) mass is 438 g/mol. The molecule has 0 saturated carbocycles. The summed E-state index contributed by atoms with van der Waals surface area (Å²) < 4.78 is 10.6. The Morgan fingerprint density at radius 2 is 1.88 bits per heavy atom. The Morgan fingerprint density at radius 3 is 2.53 bits per heavy atom. The van der Waals surface area contributed by atoms with Gasteiger partial charge >= 0.3 is 12.0 Å². The minimum atomic E-state index is -1.14. The number of anilines is 1. The van der Waals surface area contributed by atoms with E-state index in [1.807, 2.05) is 6.92 Å². The molecule has 0 unspecified atom stereocenters. The molecule has 1 fully saturated rings. The van der Waals surface area contributed by atoms with Crippen molar-refractivity contribution in [2.24, 2.45) is 0 Å². The Labute approximate surface area is 184 Å². The Balaban J connectivity index is 1.98. The van der Waals surface area contributed by atoms with Gasteiger partial charge in [0, 0.05) is 0 Å². The van der Waals surface area contributed by atoms with Crippen LogP contribution in [0, 0.1) is 0 Å². The maximum absolute atomic E-state index is 13.1. The molecule has 32 heavy (non-hydrogen) atoms. The zero-order valence-electron chi connectivity index (χ0n) is 17.7. The highest BCUT2D eigenvalue weighted by Crippen LogP contribution is 2.31. The lowest BCUT2D eigenvalue weighted by molar-refractivity contribution is -0.144. The highest BCUT2D eigenvalue weighted by atomic mass is 16.5. The summed E-state index contributed by atoms with van der Waals surface area (Å²) in [7, 11) is 1.38. The highest BCUT2D eigenvalue weighted by Gasteiger charge is 2.37. The summed E-state index contributed by atoms with van der Waals surface area (Å²) in [6.07, 6.45) is 0.823. The first kappa shape index (κ1) is 22.5. The molecular weight excluding hydrogens is 416 g/mol. The van der Waals surface area contributed by atoms with Crippen molar-refractivity contribution in [3.05, 3.63) is 59.2 Å². The van der Waals surface area contributed by atoms with Crippen molar-refractivity contribution in [3.8, 4) is 11.5 Å². The third kappa shape index (κ3) is 4.46. The zero-order chi connectivity index (χ0) is 23.4. The first-order valence-electron chi connectivity index (χ1n) is 9.83. The number of benzene rings is 2. The average molecular weight is 438 g/mol. The second-order valence-electron chi connectivity index (χ2n) is 6.95. The van der Waals surface area contributed by atoms with Crippen LogP contribution in [-0.2, 0) is 20.8 Å². The fourth-order valence-electron chi connectivity index (χ4n) is 3.18. The second kappa shape index (κ2) is 9.34. The van der Waals surface area contributed by atoms with E-state index in [0.717, 1.165) is 10.5 Å². The summed E-state index contributed by atoms with van der Waals surface area (Å²) >= 11 is 0. The van der Waals surface area contributed by atoms with E-state index in [4.69, 9.17) is 14.6 Å². The van der Waals surface area contributed by atoms with Gasteiger partial charge in [0.05, 0.1) is 12.8 Å². The number of aliphatic carboxylic acids is 1. The van der Waals surface area contributed by atoms with Crippen LogP contribution in [0.2, 0.25) is 0 Å². The van der Waals surface area contributed by atoms with Crippen molar-refractivity contribution in [2.75, 3.05) is 12.0 Å². The van der Waals surface area contributed by atoms with Crippen LogP contribution >= 0.6 is 0 Å². The van der Waals surface area contributed by atoms with Gasteiger partial charge in [-0.1, -0.05) is 31.2 Å². The van der Waals surface area contributed by atoms with E-state index in [2.05, 4.69) is 5.32 Å². The molecule has 1 saturated heterocycles. The smallest absolute Gasteiger partial charge is 0.344 e. The summed E-state index contributed by atoms with van der Waals surface area (Å²) in [6, 6.07) is 10.7. The fraction of sp³-hybridized carbons (Fsp3) is 0.217. The fourth-order valence-corrected chi connectivity index (χ4v) is 3.18. The number of amides is 4. The highest BCUT2D eigenvalue weighted by molar-refractivity contribution is 6.39. The molecule has 166 valence electrons. The zero-order valence-corrected chi connectivity index (χ0v) is 17.7. The van der Waals surface area contributed by atoms with Crippen LogP contribution in [0.1, 0.15) is 25.0 Å². The molecule has 4 amide bonds. The Hall–Kier alpha value is -4.14. The number of rotatable bonds is 7. The van der Waals surface area contributed by atoms with Gasteiger partial charge in [-0.05, 0) is 48.7 Å². The maximum atomic E-state index is 13.1. The van der Waals surface area contributed by atoms with Crippen LogP contribution in [0.3, 0.4) is 0 Å². The summed E-state index contributed by atoms with van der Waals surface area (Å²) in [4.78, 5) is 50.0. The van der Waals surface area contributed by atoms with E-state index in [1.165, 1.54) is 32.2 Å². The van der Waals surface area contributed by atoms with E-state index in [-0.39, 0.29) is 17.1 Å². The normalized spacial score (nSPS) is 16.0. The molecule has 2 aromatic carbocycles. The lowest BCUT2D eigenvalue weighted by Gasteiger charge is -2.28. The standard InChI is InChI=1S/C23H22N2O7/c1-4-15-7-5-6-8-17(15)25-21(27)16(20(26)24-23(25)30)11-14-9-10-18(19(12-14)31-3)32-13(2)22(28)29/h5-13H,4H2,1-3H3,(H,28,29)(H,24,26,30)/b16-11-/t13-/m1/s1. The molecule has 1 atom stereocenters. The molecule has 1 heterocycles. The van der Waals surface area contributed by atoms with Gasteiger partial charge < -0.3 is 14.6 Å². The number of hydrogen-bond acceptors (Lipinski definition) is 6. The first-order valence-corrected chi connectivity index (χ1v) is 9.83. The van der Waals surface area contributed by atoms with Crippen LogP contribution in [0.5, 0.6) is 11.5 Å². The number of para-hydroxylation sites is 1. The molecule has 2 N–H and O–H groups in total. The number of aryl methyl sites for hydroxylation is 1. The van der Waals surface area contributed by atoms with Crippen molar-refractivity contribution < 1.29 is 33.8 Å². The largest absolute Gasteiger partial charge is 0.493 e. The number of nitrogens with one attached hydrogen (secondary N) is 1. The maximum Gasteiger partial charge on any atom is 0.344 e. The Morgan fingerprint density at radius 1 is 1.16 bits per heavy atom. The van der Waals surface area contributed by atoms with Crippen LogP contribution in [0.4, 0.5) is 10.5 Å².